The van der Waals surface area contributed by atoms with Gasteiger partial charge in [0.25, 0.3) is 0 Å². The van der Waals surface area contributed by atoms with E-state index in [1.165, 1.54) is 150 Å². The van der Waals surface area contributed by atoms with E-state index in [1.807, 2.05) is 11.3 Å². The largest absolute Gasteiger partial charge is 0.135 e. The molecule has 0 spiro atoms. The van der Waals surface area contributed by atoms with Gasteiger partial charge in [-0.05, 0) is 52.1 Å². The van der Waals surface area contributed by atoms with E-state index in [9.17, 15) is 0 Å². The van der Waals surface area contributed by atoms with Gasteiger partial charge in [-0.3, -0.25) is 0 Å². The van der Waals surface area contributed by atoms with Crippen LogP contribution in [-0.2, 0) is 6.42 Å². The van der Waals surface area contributed by atoms with Crippen LogP contribution in [0.5, 0.6) is 0 Å². The molecular weight excluding hydrogens is 476 g/mol. The average molecular weight is 523 g/mol. The second kappa shape index (κ2) is 14.1. The molecule has 0 nitrogen and oxygen atoms in total. The van der Waals surface area contributed by atoms with Crippen LogP contribution in [0.25, 0.3) is 41.7 Å². The number of unbranched alkanes of at least 4 members (excludes halogenated alkanes) is 14. The van der Waals surface area contributed by atoms with E-state index in [-0.39, 0.29) is 0 Å². The van der Waals surface area contributed by atoms with Gasteiger partial charge in [0.05, 0.1) is 0 Å². The third-order valence-electron chi connectivity index (χ3n) is 8.49. The highest BCUT2D eigenvalue weighted by atomic mass is 32.1. The average Bonchev–Trinajstić information content (AvgIpc) is 3.34. The van der Waals surface area contributed by atoms with Crippen molar-refractivity contribution in [2.45, 2.75) is 110 Å². The van der Waals surface area contributed by atoms with Gasteiger partial charge < -0.3 is 0 Å². The lowest BCUT2D eigenvalue weighted by atomic mass is 9.96. The van der Waals surface area contributed by atoms with Gasteiger partial charge in [0.1, 0.15) is 0 Å². The van der Waals surface area contributed by atoms with Gasteiger partial charge in [0.2, 0.25) is 0 Å². The lowest BCUT2D eigenvalue weighted by molar-refractivity contribution is 0.532. The van der Waals surface area contributed by atoms with E-state index >= 15 is 0 Å². The van der Waals surface area contributed by atoms with E-state index < -0.39 is 0 Å². The number of rotatable bonds is 16. The second-order valence-corrected chi connectivity index (χ2v) is 12.5. The summed E-state index contributed by atoms with van der Waals surface area (Å²) in [4.78, 5) is 0. The Labute approximate surface area is 234 Å². The van der Waals surface area contributed by atoms with Gasteiger partial charge in [-0.25, -0.2) is 0 Å². The normalized spacial score (nSPS) is 11.9. The topological polar surface area (TPSA) is 0 Å². The molecule has 0 bridgehead atoms. The first-order valence-electron chi connectivity index (χ1n) is 15.6. The highest BCUT2D eigenvalue weighted by Crippen LogP contribution is 2.40. The summed E-state index contributed by atoms with van der Waals surface area (Å²) in [5.41, 5.74) is 1.49. The van der Waals surface area contributed by atoms with Crippen LogP contribution in [0.1, 0.15) is 109 Å². The molecule has 0 N–H and O–H groups in total. The fourth-order valence-corrected chi connectivity index (χ4v) is 7.40. The minimum Gasteiger partial charge on any atom is -0.135 e. The van der Waals surface area contributed by atoms with Gasteiger partial charge in [-0.1, -0.05) is 151 Å². The first-order chi connectivity index (χ1) is 18.8. The number of benzene rings is 4. The van der Waals surface area contributed by atoms with E-state index in [4.69, 9.17) is 0 Å². The summed E-state index contributed by atoms with van der Waals surface area (Å²) in [5.74, 6) is 0. The van der Waals surface area contributed by atoms with Crippen LogP contribution < -0.4 is 0 Å². The number of thiophene rings is 1. The molecule has 0 aliphatic carbocycles. The maximum Gasteiger partial charge on any atom is 0.0361 e. The molecule has 1 heteroatoms. The number of hydrogen-bond donors (Lipinski definition) is 0. The minimum absolute atomic E-state index is 1.21. The molecule has 0 unspecified atom stereocenters. The maximum absolute atomic E-state index is 2.44. The van der Waals surface area contributed by atoms with Crippen LogP contribution >= 0.6 is 11.3 Å². The molecular formula is C37H46S. The third-order valence-corrected chi connectivity index (χ3v) is 9.62. The molecule has 200 valence electrons. The Kier molecular flexibility index (Phi) is 10.1. The molecule has 0 radical (unpaired) electrons. The van der Waals surface area contributed by atoms with Crippen molar-refractivity contribution in [2.75, 3.05) is 0 Å². The van der Waals surface area contributed by atoms with Crippen molar-refractivity contribution in [1.82, 2.24) is 0 Å². The SMILES string of the molecule is CCCCCCCCCCCCCCCCCc1ccc2c(ccc3c2ccc2sc4ccccc4c23)c1. The quantitative estimate of drug-likeness (QED) is 0.0892. The van der Waals surface area contributed by atoms with Crippen molar-refractivity contribution in [1.29, 1.82) is 0 Å². The van der Waals surface area contributed by atoms with Crippen LogP contribution in [-0.4, -0.2) is 0 Å². The van der Waals surface area contributed by atoms with Crippen molar-refractivity contribution in [3.05, 3.63) is 72.3 Å². The Morgan fingerprint density at radius 3 is 1.79 bits per heavy atom. The molecule has 0 amide bonds. The molecule has 0 saturated heterocycles. The Morgan fingerprint density at radius 1 is 0.474 bits per heavy atom. The third kappa shape index (κ3) is 6.78. The first kappa shape index (κ1) is 27.2. The summed E-state index contributed by atoms with van der Waals surface area (Å²) in [6.45, 7) is 2.30. The van der Waals surface area contributed by atoms with Crippen molar-refractivity contribution in [2.24, 2.45) is 0 Å². The Balaban J connectivity index is 1.05. The summed E-state index contributed by atoms with van der Waals surface area (Å²) >= 11 is 1.91. The smallest absolute Gasteiger partial charge is 0.0361 e. The van der Waals surface area contributed by atoms with Crippen LogP contribution in [0, 0.1) is 0 Å². The van der Waals surface area contributed by atoms with Gasteiger partial charge in [-0.15, -0.1) is 11.3 Å². The molecule has 1 heterocycles. The molecule has 38 heavy (non-hydrogen) atoms. The van der Waals surface area contributed by atoms with Crippen LogP contribution in [0.15, 0.2) is 66.7 Å². The molecule has 0 saturated carbocycles. The predicted molar refractivity (Wildman–Crippen MR) is 173 cm³/mol. The van der Waals surface area contributed by atoms with E-state index in [2.05, 4.69) is 73.7 Å². The number of hydrogen-bond acceptors (Lipinski definition) is 1. The Bertz CT molecular complexity index is 1440. The van der Waals surface area contributed by atoms with Crippen molar-refractivity contribution in [3.8, 4) is 0 Å². The fourth-order valence-electron chi connectivity index (χ4n) is 6.28. The van der Waals surface area contributed by atoms with Gasteiger partial charge in [0, 0.05) is 20.2 Å². The zero-order valence-electron chi connectivity index (χ0n) is 23.6. The molecule has 1 aromatic heterocycles. The summed E-state index contributed by atoms with van der Waals surface area (Å²) < 4.78 is 2.77. The van der Waals surface area contributed by atoms with Gasteiger partial charge in [-0.2, -0.15) is 0 Å². The van der Waals surface area contributed by atoms with Gasteiger partial charge >= 0.3 is 0 Å². The summed E-state index contributed by atoms with van der Waals surface area (Å²) in [6, 6.07) is 25.4. The minimum atomic E-state index is 1.21. The summed E-state index contributed by atoms with van der Waals surface area (Å²) in [7, 11) is 0. The molecule has 0 atom stereocenters. The van der Waals surface area contributed by atoms with Crippen molar-refractivity contribution < 1.29 is 0 Å². The maximum atomic E-state index is 2.44. The van der Waals surface area contributed by atoms with Crippen LogP contribution in [0.2, 0.25) is 0 Å². The van der Waals surface area contributed by atoms with E-state index in [0.717, 1.165) is 0 Å². The lowest BCUT2D eigenvalue weighted by Gasteiger charge is -2.08. The van der Waals surface area contributed by atoms with Crippen LogP contribution in [0.4, 0.5) is 0 Å². The van der Waals surface area contributed by atoms with Crippen molar-refractivity contribution >= 4 is 53.1 Å². The number of aryl methyl sites for hydroxylation is 1. The fraction of sp³-hybridized carbons (Fsp3) is 0.459. The molecule has 0 fully saturated rings. The second-order valence-electron chi connectivity index (χ2n) is 11.5. The standard InChI is InChI=1S/C37H46S/c1-2-3-4-5-6-7-8-9-10-11-12-13-14-15-16-19-29-22-24-31-30(28-29)23-25-33-32(31)26-27-36-37(33)34-20-17-18-21-35(34)38-36/h17-18,20-28H,2-16,19H2,1H3. The zero-order chi connectivity index (χ0) is 26.0. The van der Waals surface area contributed by atoms with E-state index in [1.54, 1.807) is 0 Å². The van der Waals surface area contributed by atoms with Crippen LogP contribution in [0.3, 0.4) is 0 Å². The van der Waals surface area contributed by atoms with Gasteiger partial charge in [0.15, 0.2) is 0 Å². The Morgan fingerprint density at radius 2 is 1.08 bits per heavy atom. The highest BCUT2D eigenvalue weighted by molar-refractivity contribution is 7.26. The molecule has 0 aliphatic rings. The van der Waals surface area contributed by atoms with E-state index in [0.29, 0.717) is 0 Å². The predicted octanol–water partition coefficient (Wildman–Crippen LogP) is 12.8. The monoisotopic (exact) mass is 522 g/mol. The van der Waals surface area contributed by atoms with Crippen molar-refractivity contribution in [3.63, 3.8) is 0 Å². The summed E-state index contributed by atoms with van der Waals surface area (Å²) in [5, 5.41) is 8.36. The first-order valence-corrected chi connectivity index (χ1v) is 16.4. The molecule has 0 aliphatic heterocycles. The zero-order valence-corrected chi connectivity index (χ0v) is 24.4. The number of fused-ring (bicyclic) bond motifs is 7. The molecule has 5 aromatic rings. The lowest BCUT2D eigenvalue weighted by Crippen LogP contribution is -1.88. The molecule has 4 aromatic carbocycles. The molecule has 5 rings (SSSR count). The highest BCUT2D eigenvalue weighted by Gasteiger charge is 2.10. The summed E-state index contributed by atoms with van der Waals surface area (Å²) in [6.07, 6.45) is 22.6. The Hall–Kier alpha value is -2.38.